The molecule has 0 bridgehead atoms. The lowest BCUT2D eigenvalue weighted by molar-refractivity contribution is 0.0397. The van der Waals surface area contributed by atoms with Gasteiger partial charge in [0.1, 0.15) is 0 Å². The summed E-state index contributed by atoms with van der Waals surface area (Å²) in [7, 11) is 0. The Morgan fingerprint density at radius 1 is 1.67 bits per heavy atom. The van der Waals surface area contributed by atoms with E-state index in [9.17, 15) is 0 Å². The number of aliphatic hydroxyl groups is 1. The third-order valence-corrected chi connectivity index (χ3v) is 3.87. The van der Waals surface area contributed by atoms with Gasteiger partial charge in [-0.1, -0.05) is 18.6 Å². The second-order valence-corrected chi connectivity index (χ2v) is 4.69. The second-order valence-electron chi connectivity index (χ2n) is 4.69. The molecule has 12 heavy (non-hydrogen) atoms. The van der Waals surface area contributed by atoms with Crippen LogP contribution in [-0.2, 0) is 0 Å². The van der Waals surface area contributed by atoms with E-state index in [4.69, 9.17) is 6.54 Å². The van der Waals surface area contributed by atoms with Crippen LogP contribution in [0.3, 0.4) is 0 Å². The van der Waals surface area contributed by atoms with E-state index in [0.717, 1.165) is 6.42 Å². The predicted octanol–water partition coefficient (Wildman–Crippen LogP) is 2.50. The average Bonchev–Trinajstić information content (AvgIpc) is 2.42. The first kappa shape index (κ1) is 7.14. The van der Waals surface area contributed by atoms with Crippen molar-refractivity contribution in [1.29, 1.82) is 1.43 Å². The standard InChI is InChI=1S/C11H18O/c1-8-5-6-11(2)9(7-8)3-4-10(11)12/h7,9-10,12H,3-6H2,1-2H3/t9?,10-,11-/m0/s1/i12T. The van der Waals surface area contributed by atoms with Gasteiger partial charge in [-0.15, -0.1) is 0 Å². The van der Waals surface area contributed by atoms with E-state index in [2.05, 4.69) is 19.9 Å². The van der Waals surface area contributed by atoms with E-state index in [1.54, 1.807) is 0 Å². The van der Waals surface area contributed by atoms with E-state index in [0.29, 0.717) is 5.92 Å². The van der Waals surface area contributed by atoms with Crippen LogP contribution < -0.4 is 0 Å². The Morgan fingerprint density at radius 2 is 2.50 bits per heavy atom. The lowest BCUT2D eigenvalue weighted by Gasteiger charge is -2.36. The highest BCUT2D eigenvalue weighted by Crippen LogP contribution is 2.50. The van der Waals surface area contributed by atoms with Gasteiger partial charge in [0.15, 0.2) is 0 Å². The zero-order valence-electron chi connectivity index (χ0n) is 8.97. The summed E-state index contributed by atoms with van der Waals surface area (Å²) < 4.78 is 7.08. The van der Waals surface area contributed by atoms with Crippen molar-refractivity contribution in [2.45, 2.75) is 45.6 Å². The van der Waals surface area contributed by atoms with Crippen LogP contribution in [0.2, 0.25) is 0 Å². The van der Waals surface area contributed by atoms with E-state index >= 15 is 0 Å². The van der Waals surface area contributed by atoms with Gasteiger partial charge in [0.2, 0.25) is 1.43 Å². The van der Waals surface area contributed by atoms with Gasteiger partial charge in [-0.3, -0.25) is 0 Å². The van der Waals surface area contributed by atoms with Gasteiger partial charge in [-0.2, -0.15) is 0 Å². The Labute approximate surface area is 76.0 Å². The summed E-state index contributed by atoms with van der Waals surface area (Å²) in [6, 6.07) is 0. The topological polar surface area (TPSA) is 20.2 Å². The molecule has 0 heterocycles. The van der Waals surface area contributed by atoms with Crippen LogP contribution in [-0.4, -0.2) is 12.6 Å². The van der Waals surface area contributed by atoms with Gasteiger partial charge in [-0.25, -0.2) is 0 Å². The Bertz CT molecular complexity index is 236. The first-order valence-corrected chi connectivity index (χ1v) is 4.96. The monoisotopic (exact) mass is 168 g/mol. The summed E-state index contributed by atoms with van der Waals surface area (Å²) in [6.07, 6.45) is 7.23. The maximum absolute atomic E-state index is 7.08. The molecule has 2 rings (SSSR count). The molecule has 1 N–H and O–H groups in total. The minimum Gasteiger partial charge on any atom is -0.393 e. The van der Waals surface area contributed by atoms with Crippen LogP contribution in [0.1, 0.15) is 39.5 Å². The molecule has 0 aliphatic heterocycles. The normalized spacial score (nSPS) is 48.2. The van der Waals surface area contributed by atoms with Crippen molar-refractivity contribution in [2.75, 3.05) is 0 Å². The van der Waals surface area contributed by atoms with Crippen molar-refractivity contribution < 1.29 is 5.11 Å². The van der Waals surface area contributed by atoms with Gasteiger partial charge < -0.3 is 5.11 Å². The summed E-state index contributed by atoms with van der Waals surface area (Å²) in [6.45, 7) is 4.50. The Kier molecular flexibility index (Phi) is 1.54. The first-order chi connectivity index (χ1) is 6.16. The molecule has 1 nitrogen and oxygen atoms in total. The van der Waals surface area contributed by atoms with Crippen LogP contribution in [0, 0.1) is 11.3 Å². The largest absolute Gasteiger partial charge is 0.393 e. The third-order valence-electron chi connectivity index (χ3n) is 3.87. The van der Waals surface area contributed by atoms with Gasteiger partial charge in [0.25, 0.3) is 0 Å². The predicted molar refractivity (Wildman–Crippen MR) is 49.8 cm³/mol. The zero-order valence-corrected chi connectivity index (χ0v) is 7.97. The maximum atomic E-state index is 7.08. The fourth-order valence-corrected chi connectivity index (χ4v) is 2.74. The smallest absolute Gasteiger partial charge is 0.210 e. The second kappa shape index (κ2) is 2.59. The van der Waals surface area contributed by atoms with Crippen molar-refractivity contribution in [1.82, 2.24) is 0 Å². The first-order valence-electron chi connectivity index (χ1n) is 5.37. The fourth-order valence-electron chi connectivity index (χ4n) is 2.74. The van der Waals surface area contributed by atoms with Gasteiger partial charge in [-0.05, 0) is 38.5 Å². The summed E-state index contributed by atoms with van der Waals surface area (Å²) >= 11 is 0. The molecule has 1 fully saturated rings. The Morgan fingerprint density at radius 3 is 3.25 bits per heavy atom. The summed E-state index contributed by atoms with van der Waals surface area (Å²) in [5, 5.41) is 4.84. The molecule has 1 heteroatoms. The molecular formula is C11H18O. The number of hydrogen-bond donors (Lipinski definition) is 1. The van der Waals surface area contributed by atoms with Crippen molar-refractivity contribution in [3.05, 3.63) is 11.6 Å². The maximum Gasteiger partial charge on any atom is 0.210 e. The molecular weight excluding hydrogens is 148 g/mol. The number of allylic oxidation sites excluding steroid dienone is 2. The van der Waals surface area contributed by atoms with Crippen LogP contribution >= 0.6 is 0 Å². The third kappa shape index (κ3) is 1.03. The molecule has 3 atom stereocenters. The molecule has 0 aromatic carbocycles. The van der Waals surface area contributed by atoms with E-state index in [-0.39, 0.29) is 11.5 Å². The van der Waals surface area contributed by atoms with Gasteiger partial charge in [0.05, 0.1) is 6.10 Å². The van der Waals surface area contributed by atoms with E-state index < -0.39 is 0 Å². The molecule has 1 unspecified atom stereocenters. The van der Waals surface area contributed by atoms with Gasteiger partial charge >= 0.3 is 0 Å². The molecule has 0 aromatic heterocycles. The molecule has 0 saturated heterocycles. The summed E-state index contributed by atoms with van der Waals surface area (Å²) in [5.74, 6) is 0.664. The molecule has 1 saturated carbocycles. The van der Waals surface area contributed by atoms with E-state index in [1.165, 1.54) is 24.8 Å². The number of rotatable bonds is 1. The number of aliphatic hydroxyl groups excluding tert-OH is 1. The average molecular weight is 168 g/mol. The van der Waals surface area contributed by atoms with E-state index in [1.807, 2.05) is 0 Å². The van der Waals surface area contributed by atoms with Crippen LogP contribution in [0.5, 0.6) is 0 Å². The highest BCUT2D eigenvalue weighted by Gasteiger charge is 2.45. The molecule has 2 aliphatic rings. The molecule has 2 aliphatic carbocycles. The lowest BCUT2D eigenvalue weighted by atomic mass is 9.70. The molecule has 0 aromatic rings. The number of hydrogen-bond acceptors (Lipinski definition) is 1. The van der Waals surface area contributed by atoms with Gasteiger partial charge in [0, 0.05) is 5.41 Å². The quantitative estimate of drug-likeness (QED) is 0.596. The Balaban J connectivity index is 2.23. The molecule has 68 valence electrons. The minimum absolute atomic E-state index is 0.168. The van der Waals surface area contributed by atoms with Crippen LogP contribution in [0.4, 0.5) is 0 Å². The fraction of sp³-hybridized carbons (Fsp3) is 0.818. The minimum atomic E-state index is 0.168. The molecule has 0 spiro atoms. The van der Waals surface area contributed by atoms with Crippen molar-refractivity contribution >= 4 is 0 Å². The van der Waals surface area contributed by atoms with Crippen molar-refractivity contribution in [3.8, 4) is 0 Å². The summed E-state index contributed by atoms with van der Waals surface area (Å²) in [4.78, 5) is 0. The van der Waals surface area contributed by atoms with Crippen molar-refractivity contribution in [2.24, 2.45) is 11.3 Å². The molecule has 0 amide bonds. The van der Waals surface area contributed by atoms with Crippen LogP contribution in [0.25, 0.3) is 0 Å². The highest BCUT2D eigenvalue weighted by molar-refractivity contribution is 5.14. The SMILES string of the molecule is [3H]O[C@H]1CCC2C=C(C)CC[C@@]21C. The summed E-state index contributed by atoms with van der Waals surface area (Å²) in [5.41, 5.74) is 1.77. The number of fused-ring (bicyclic) bond motifs is 1. The highest BCUT2D eigenvalue weighted by atomic mass is 16.3. The van der Waals surface area contributed by atoms with Crippen molar-refractivity contribution in [3.63, 3.8) is 0 Å². The van der Waals surface area contributed by atoms with Crippen LogP contribution in [0.15, 0.2) is 11.6 Å². The molecule has 0 radical (unpaired) electrons. The zero-order chi connectivity index (χ0) is 9.47. The Hall–Kier alpha value is -0.300. The lowest BCUT2D eigenvalue weighted by Crippen LogP contribution is -2.33.